The molecule has 0 aliphatic carbocycles. The number of nitrogens with one attached hydrogen (secondary N) is 1. The fourth-order valence-corrected chi connectivity index (χ4v) is 2.90. The smallest absolute Gasteiger partial charge is 0.217 e. The minimum absolute atomic E-state index is 0.557. The molecule has 0 saturated carbocycles. The summed E-state index contributed by atoms with van der Waals surface area (Å²) in [6.07, 6.45) is -13.7. The Bertz CT molecular complexity index is 470. The fraction of sp³-hybridized carbons (Fsp3) is 0.929. The normalized spacial score (nSPS) is 48.2. The molecule has 0 aromatic rings. The van der Waals surface area contributed by atoms with E-state index in [1.807, 2.05) is 0 Å². The second kappa shape index (κ2) is 8.18. The second-order valence-electron chi connectivity index (χ2n) is 6.20. The summed E-state index contributed by atoms with van der Waals surface area (Å²) in [5.74, 6) is -0.557. The lowest BCUT2D eigenvalue weighted by molar-refractivity contribution is -0.332. The average Bonchev–Trinajstić information content (AvgIpc) is 2.56. The average molecular weight is 369 g/mol. The third-order valence-corrected chi connectivity index (χ3v) is 4.29. The molecule has 0 radical (unpaired) electrons. The molecule has 2 fully saturated rings. The molecule has 10 nitrogen and oxygen atoms in total. The lowest BCUT2D eigenvalue weighted by Gasteiger charge is -2.46. The number of rotatable bonds is 4. The summed E-state index contributed by atoms with van der Waals surface area (Å²) in [4.78, 5) is 11.3. The Kier molecular flexibility index (Phi) is 6.68. The van der Waals surface area contributed by atoms with Crippen molar-refractivity contribution < 1.29 is 48.9 Å². The van der Waals surface area contributed by atoms with Gasteiger partial charge in [0.15, 0.2) is 18.8 Å². The van der Waals surface area contributed by atoms with Crippen molar-refractivity contribution in [3.05, 3.63) is 0 Å². The Morgan fingerprint density at radius 1 is 1.16 bits per heavy atom. The standard InChI is InChI=1S/C14H24FNO9/c1-4-7(15)10(20)11(21)14(23-4)25-12-8(16-5(2)18)13(22)24-6(3-17)9(12)19/h4,6-14,17,19-22H,3H2,1-2H3,(H,16,18)/t4-,6+,7-,8+,9+,10+,11+,12+,13-,14-/m0/s1. The van der Waals surface area contributed by atoms with Crippen LogP contribution in [-0.2, 0) is 19.0 Å². The first-order chi connectivity index (χ1) is 11.7. The third kappa shape index (κ3) is 4.26. The summed E-state index contributed by atoms with van der Waals surface area (Å²) in [6, 6.07) is -1.25. The van der Waals surface area contributed by atoms with Crippen molar-refractivity contribution in [3.63, 3.8) is 0 Å². The molecule has 2 aliphatic heterocycles. The molecule has 2 rings (SSSR count). The molecule has 6 N–H and O–H groups in total. The van der Waals surface area contributed by atoms with Crippen molar-refractivity contribution in [1.29, 1.82) is 0 Å². The van der Waals surface area contributed by atoms with Gasteiger partial charge in [-0.2, -0.15) is 0 Å². The lowest BCUT2D eigenvalue weighted by Crippen LogP contribution is -2.67. The van der Waals surface area contributed by atoms with Crippen molar-refractivity contribution in [1.82, 2.24) is 5.32 Å². The zero-order chi connectivity index (χ0) is 18.9. The molecular formula is C14H24FNO9. The number of aliphatic hydroxyl groups excluding tert-OH is 5. The number of carbonyl (C=O) groups is 1. The molecule has 0 spiro atoms. The summed E-state index contributed by atoms with van der Waals surface area (Å²) in [6.45, 7) is 1.84. The van der Waals surface area contributed by atoms with Crippen molar-refractivity contribution in [2.45, 2.75) is 75.3 Å². The van der Waals surface area contributed by atoms with Gasteiger partial charge in [0, 0.05) is 6.92 Å². The minimum Gasteiger partial charge on any atom is -0.394 e. The highest BCUT2D eigenvalue weighted by Crippen LogP contribution is 2.29. The Morgan fingerprint density at radius 3 is 2.36 bits per heavy atom. The Labute approximate surface area is 143 Å². The van der Waals surface area contributed by atoms with Crippen molar-refractivity contribution in [2.75, 3.05) is 6.61 Å². The van der Waals surface area contributed by atoms with E-state index in [0.717, 1.165) is 0 Å². The molecule has 2 saturated heterocycles. The van der Waals surface area contributed by atoms with E-state index in [4.69, 9.17) is 14.2 Å². The van der Waals surface area contributed by atoms with E-state index in [9.17, 15) is 34.7 Å². The summed E-state index contributed by atoms with van der Waals surface area (Å²) in [5.41, 5.74) is 0. The first-order valence-corrected chi connectivity index (χ1v) is 7.88. The molecule has 1 amide bonds. The molecule has 146 valence electrons. The fourth-order valence-electron chi connectivity index (χ4n) is 2.90. The highest BCUT2D eigenvalue weighted by molar-refractivity contribution is 5.73. The highest BCUT2D eigenvalue weighted by Gasteiger charge is 2.50. The van der Waals surface area contributed by atoms with Crippen LogP contribution in [0, 0.1) is 0 Å². The highest BCUT2D eigenvalue weighted by atomic mass is 19.1. The molecule has 0 unspecified atom stereocenters. The number of aliphatic hydroxyl groups is 5. The number of hydrogen-bond acceptors (Lipinski definition) is 9. The van der Waals surface area contributed by atoms with Gasteiger partial charge < -0.3 is 45.1 Å². The van der Waals surface area contributed by atoms with Crippen LogP contribution in [0.4, 0.5) is 4.39 Å². The lowest BCUT2D eigenvalue weighted by atomic mass is 9.96. The monoisotopic (exact) mass is 369 g/mol. The molecule has 0 bridgehead atoms. The summed E-state index contributed by atoms with van der Waals surface area (Å²) < 4.78 is 29.3. The molecule has 10 atom stereocenters. The quantitative estimate of drug-likeness (QED) is 0.299. The SMILES string of the molecule is CC(=O)N[C@@H]1[C@@H](O[C@@H]2O[C@@H](C)[C@H](F)[C@@H](O)[C@H]2O)[C@H](O)[C@@H](CO)O[C@@H]1O. The largest absolute Gasteiger partial charge is 0.394 e. The van der Waals surface area contributed by atoms with Crippen LogP contribution in [0.1, 0.15) is 13.8 Å². The number of carbonyl (C=O) groups excluding carboxylic acids is 1. The Balaban J connectivity index is 2.20. The van der Waals surface area contributed by atoms with Crippen LogP contribution in [0.3, 0.4) is 0 Å². The molecule has 2 heterocycles. The summed E-state index contributed by atoms with van der Waals surface area (Å²) in [7, 11) is 0. The summed E-state index contributed by atoms with van der Waals surface area (Å²) in [5, 5.41) is 51.5. The molecule has 0 aromatic heterocycles. The number of halogens is 1. The van der Waals surface area contributed by atoms with Crippen LogP contribution in [0.25, 0.3) is 0 Å². The minimum atomic E-state index is -1.84. The van der Waals surface area contributed by atoms with Crippen LogP contribution >= 0.6 is 0 Å². The topological polar surface area (TPSA) is 158 Å². The zero-order valence-electron chi connectivity index (χ0n) is 13.7. The summed E-state index contributed by atoms with van der Waals surface area (Å²) >= 11 is 0. The molecule has 0 aromatic carbocycles. The van der Waals surface area contributed by atoms with E-state index < -0.39 is 73.9 Å². The number of amides is 1. The Morgan fingerprint density at radius 2 is 1.80 bits per heavy atom. The van der Waals surface area contributed by atoms with E-state index in [1.54, 1.807) is 0 Å². The van der Waals surface area contributed by atoms with E-state index in [-0.39, 0.29) is 0 Å². The first kappa shape index (κ1) is 20.4. The number of hydrogen-bond donors (Lipinski definition) is 6. The predicted octanol–water partition coefficient (Wildman–Crippen LogP) is -3.25. The third-order valence-electron chi connectivity index (χ3n) is 4.29. The van der Waals surface area contributed by atoms with E-state index in [1.165, 1.54) is 13.8 Å². The van der Waals surface area contributed by atoms with Gasteiger partial charge in [-0.15, -0.1) is 0 Å². The van der Waals surface area contributed by atoms with Crippen molar-refractivity contribution in [3.8, 4) is 0 Å². The maximum Gasteiger partial charge on any atom is 0.217 e. The van der Waals surface area contributed by atoms with Crippen molar-refractivity contribution in [2.24, 2.45) is 0 Å². The predicted molar refractivity (Wildman–Crippen MR) is 77.7 cm³/mol. The van der Waals surface area contributed by atoms with Gasteiger partial charge in [0.1, 0.15) is 36.6 Å². The van der Waals surface area contributed by atoms with Gasteiger partial charge in [0.25, 0.3) is 0 Å². The van der Waals surface area contributed by atoms with Crippen molar-refractivity contribution >= 4 is 5.91 Å². The van der Waals surface area contributed by atoms with Gasteiger partial charge >= 0.3 is 0 Å². The maximum atomic E-state index is 13.7. The zero-order valence-corrected chi connectivity index (χ0v) is 13.7. The first-order valence-electron chi connectivity index (χ1n) is 7.88. The molecular weight excluding hydrogens is 345 g/mol. The van der Waals surface area contributed by atoms with Crippen LogP contribution in [-0.4, -0.2) is 99.5 Å². The van der Waals surface area contributed by atoms with E-state index >= 15 is 0 Å². The maximum absolute atomic E-state index is 13.7. The van der Waals surface area contributed by atoms with E-state index in [2.05, 4.69) is 5.32 Å². The van der Waals surface area contributed by atoms with Gasteiger partial charge in [0.05, 0.1) is 12.7 Å². The van der Waals surface area contributed by atoms with Gasteiger partial charge in [-0.25, -0.2) is 4.39 Å². The number of ether oxygens (including phenoxy) is 3. The van der Waals surface area contributed by atoms with Crippen LogP contribution in [0.5, 0.6) is 0 Å². The van der Waals surface area contributed by atoms with E-state index in [0.29, 0.717) is 0 Å². The van der Waals surface area contributed by atoms with Gasteiger partial charge in [-0.3, -0.25) is 4.79 Å². The molecule has 25 heavy (non-hydrogen) atoms. The number of alkyl halides is 1. The van der Waals surface area contributed by atoms with Gasteiger partial charge in [-0.05, 0) is 6.92 Å². The molecule has 11 heteroatoms. The Hall–Kier alpha value is -0.920. The van der Waals surface area contributed by atoms with Crippen LogP contribution < -0.4 is 5.32 Å². The van der Waals surface area contributed by atoms with Crippen LogP contribution in [0.2, 0.25) is 0 Å². The van der Waals surface area contributed by atoms with Gasteiger partial charge in [-0.1, -0.05) is 0 Å². The second-order valence-corrected chi connectivity index (χ2v) is 6.20. The van der Waals surface area contributed by atoms with Crippen LogP contribution in [0.15, 0.2) is 0 Å². The molecule has 2 aliphatic rings. The van der Waals surface area contributed by atoms with Gasteiger partial charge in [0.2, 0.25) is 5.91 Å².